The normalized spacial score (nSPS) is 12.5. The first kappa shape index (κ1) is 18.9. The number of nitrogens with zero attached hydrogens (tertiary/aromatic N) is 2. The van der Waals surface area contributed by atoms with Crippen LogP contribution in [0.4, 0.5) is 0 Å². The van der Waals surface area contributed by atoms with Gasteiger partial charge in [-0.3, -0.25) is 14.2 Å². The summed E-state index contributed by atoms with van der Waals surface area (Å²) in [7, 11) is 0. The van der Waals surface area contributed by atoms with Gasteiger partial charge in [-0.15, -0.1) is 11.3 Å². The van der Waals surface area contributed by atoms with Crippen molar-refractivity contribution in [1.29, 1.82) is 0 Å². The third kappa shape index (κ3) is 3.02. The molecule has 26 heavy (non-hydrogen) atoms. The highest BCUT2D eigenvalue weighted by Crippen LogP contribution is 2.38. The maximum atomic E-state index is 13.3. The molecule has 0 bridgehead atoms. The number of aromatic nitrogens is 2. The van der Waals surface area contributed by atoms with E-state index in [0.717, 1.165) is 16.0 Å². The zero-order chi connectivity index (χ0) is 19.2. The molecule has 2 heterocycles. The highest BCUT2D eigenvalue weighted by Gasteiger charge is 2.23. The maximum absolute atomic E-state index is 13.3. The minimum Gasteiger partial charge on any atom is -0.368 e. The fraction of sp³-hybridized carbons (Fsp3) is 0.278. The van der Waals surface area contributed by atoms with Gasteiger partial charge < -0.3 is 5.73 Å². The molecule has 0 fully saturated rings. The van der Waals surface area contributed by atoms with Crippen LogP contribution in [-0.2, 0) is 11.2 Å². The molecule has 1 aromatic carbocycles. The number of hydrogen-bond acceptors (Lipinski definition) is 4. The summed E-state index contributed by atoms with van der Waals surface area (Å²) in [5, 5.41) is 1.32. The molecule has 0 spiro atoms. The molecule has 0 aliphatic carbocycles. The van der Waals surface area contributed by atoms with E-state index in [-0.39, 0.29) is 5.56 Å². The molecule has 1 unspecified atom stereocenters. The average Bonchev–Trinajstić information content (AvgIpc) is 2.92. The lowest BCUT2D eigenvalue weighted by Crippen LogP contribution is -2.34. The predicted octanol–water partition coefficient (Wildman–Crippen LogP) is 4.35. The molecule has 0 aliphatic rings. The number of carbonyl (C=O) groups is 1. The van der Waals surface area contributed by atoms with Gasteiger partial charge in [-0.2, -0.15) is 0 Å². The standard InChI is InChI=1S/C18H17Cl2N3O2S/c1-4-13-22-17-15(18(25)23(13)8(2)16(21)24)14(9(3)26-17)10-5-6-11(19)12(20)7-10/h5-8H,4H2,1-3H3,(H2,21,24). The molecule has 0 saturated carbocycles. The summed E-state index contributed by atoms with van der Waals surface area (Å²) in [5.74, 6) is -0.0401. The van der Waals surface area contributed by atoms with Crippen LogP contribution in [0, 0.1) is 6.92 Å². The summed E-state index contributed by atoms with van der Waals surface area (Å²) in [4.78, 5) is 31.2. The Kier molecular flexibility index (Phi) is 5.10. The molecule has 3 aromatic rings. The first-order chi connectivity index (χ1) is 12.3. The van der Waals surface area contributed by atoms with Crippen molar-refractivity contribution in [3.63, 3.8) is 0 Å². The van der Waals surface area contributed by atoms with Gasteiger partial charge in [-0.25, -0.2) is 4.98 Å². The number of benzene rings is 1. The van der Waals surface area contributed by atoms with E-state index >= 15 is 0 Å². The molecule has 5 nitrogen and oxygen atoms in total. The van der Waals surface area contributed by atoms with E-state index in [1.807, 2.05) is 19.9 Å². The lowest BCUT2D eigenvalue weighted by molar-refractivity contribution is -0.120. The van der Waals surface area contributed by atoms with Crippen LogP contribution in [0.5, 0.6) is 0 Å². The van der Waals surface area contributed by atoms with Crippen LogP contribution in [0.3, 0.4) is 0 Å². The number of rotatable bonds is 4. The van der Waals surface area contributed by atoms with E-state index in [1.54, 1.807) is 19.1 Å². The Morgan fingerprint density at radius 1 is 1.35 bits per heavy atom. The maximum Gasteiger partial charge on any atom is 0.263 e. The van der Waals surface area contributed by atoms with Crippen LogP contribution in [0.1, 0.15) is 30.6 Å². The van der Waals surface area contributed by atoms with E-state index in [9.17, 15) is 9.59 Å². The van der Waals surface area contributed by atoms with Crippen LogP contribution in [-0.4, -0.2) is 15.5 Å². The number of fused-ring (bicyclic) bond motifs is 1. The summed E-state index contributed by atoms with van der Waals surface area (Å²) >= 11 is 13.6. The van der Waals surface area contributed by atoms with Gasteiger partial charge in [0.1, 0.15) is 16.7 Å². The van der Waals surface area contributed by atoms with E-state index in [1.165, 1.54) is 15.9 Å². The Bertz CT molecular complexity index is 1090. The SMILES string of the molecule is CCc1nc2sc(C)c(-c3ccc(Cl)c(Cl)c3)c2c(=O)n1C(C)C(N)=O. The smallest absolute Gasteiger partial charge is 0.263 e. The Morgan fingerprint density at radius 2 is 2.04 bits per heavy atom. The lowest BCUT2D eigenvalue weighted by Gasteiger charge is -2.16. The topological polar surface area (TPSA) is 78.0 Å². The Morgan fingerprint density at radius 3 is 2.62 bits per heavy atom. The second-order valence-corrected chi connectivity index (χ2v) is 7.99. The molecule has 136 valence electrons. The molecule has 1 atom stereocenters. The van der Waals surface area contributed by atoms with E-state index in [0.29, 0.717) is 32.5 Å². The minimum absolute atomic E-state index is 0.274. The van der Waals surface area contributed by atoms with Gasteiger partial charge in [0.25, 0.3) is 5.56 Å². The molecule has 1 amide bonds. The summed E-state index contributed by atoms with van der Waals surface area (Å²) < 4.78 is 1.39. The second kappa shape index (κ2) is 7.02. The first-order valence-electron chi connectivity index (χ1n) is 8.05. The fourth-order valence-corrected chi connectivity index (χ4v) is 4.34. The zero-order valence-electron chi connectivity index (χ0n) is 14.5. The summed E-state index contributed by atoms with van der Waals surface area (Å²) in [6, 6.07) is 4.46. The first-order valence-corrected chi connectivity index (χ1v) is 9.62. The van der Waals surface area contributed by atoms with Crippen molar-refractivity contribution in [3.8, 4) is 11.1 Å². The minimum atomic E-state index is -0.781. The molecule has 0 aliphatic heterocycles. The van der Waals surface area contributed by atoms with E-state index < -0.39 is 11.9 Å². The number of halogens is 2. The van der Waals surface area contributed by atoms with Crippen LogP contribution < -0.4 is 11.3 Å². The van der Waals surface area contributed by atoms with Crippen molar-refractivity contribution in [2.75, 3.05) is 0 Å². The fourth-order valence-electron chi connectivity index (χ4n) is 2.99. The lowest BCUT2D eigenvalue weighted by atomic mass is 10.0. The number of nitrogens with two attached hydrogens (primary N) is 1. The zero-order valence-corrected chi connectivity index (χ0v) is 16.8. The number of thiophene rings is 1. The summed E-state index contributed by atoms with van der Waals surface area (Å²) in [6.45, 7) is 5.42. The number of amides is 1. The monoisotopic (exact) mass is 409 g/mol. The highest BCUT2D eigenvalue weighted by molar-refractivity contribution is 7.19. The molecule has 2 aromatic heterocycles. The molecular formula is C18H17Cl2N3O2S. The van der Waals surface area contributed by atoms with Gasteiger partial charge in [0, 0.05) is 16.9 Å². The van der Waals surface area contributed by atoms with E-state index in [2.05, 4.69) is 4.98 Å². The molecule has 2 N–H and O–H groups in total. The third-order valence-corrected chi connectivity index (χ3v) is 6.07. The van der Waals surface area contributed by atoms with Crippen molar-refractivity contribution in [1.82, 2.24) is 9.55 Å². The van der Waals surface area contributed by atoms with Crippen molar-refractivity contribution in [3.05, 3.63) is 49.3 Å². The predicted molar refractivity (Wildman–Crippen MR) is 107 cm³/mol. The summed E-state index contributed by atoms with van der Waals surface area (Å²) in [5.41, 5.74) is 6.71. The quantitative estimate of drug-likeness (QED) is 0.695. The van der Waals surface area contributed by atoms with Gasteiger partial charge in [-0.1, -0.05) is 36.2 Å². The Hall–Kier alpha value is -1.89. The van der Waals surface area contributed by atoms with Gasteiger partial charge in [0.2, 0.25) is 5.91 Å². The van der Waals surface area contributed by atoms with E-state index in [4.69, 9.17) is 28.9 Å². The Labute approximate surface area is 164 Å². The molecular weight excluding hydrogens is 393 g/mol. The van der Waals surface area contributed by atoms with Crippen molar-refractivity contribution in [2.45, 2.75) is 33.2 Å². The molecule has 8 heteroatoms. The van der Waals surface area contributed by atoms with Crippen molar-refractivity contribution < 1.29 is 4.79 Å². The van der Waals surface area contributed by atoms with Crippen molar-refractivity contribution in [2.24, 2.45) is 5.73 Å². The summed E-state index contributed by atoms with van der Waals surface area (Å²) in [6.07, 6.45) is 0.516. The highest BCUT2D eigenvalue weighted by atomic mass is 35.5. The molecule has 0 radical (unpaired) electrons. The van der Waals surface area contributed by atoms with Gasteiger partial charge in [0.15, 0.2) is 0 Å². The molecule has 3 rings (SSSR count). The number of aryl methyl sites for hydroxylation is 2. The Balaban J connectivity index is 2.40. The van der Waals surface area contributed by atoms with Crippen LogP contribution >= 0.6 is 34.5 Å². The van der Waals surface area contributed by atoms with Crippen LogP contribution in [0.2, 0.25) is 10.0 Å². The third-order valence-electron chi connectivity index (χ3n) is 4.33. The van der Waals surface area contributed by atoms with Crippen LogP contribution in [0.25, 0.3) is 21.3 Å². The van der Waals surface area contributed by atoms with Gasteiger partial charge in [0.05, 0.1) is 15.4 Å². The number of carbonyl (C=O) groups excluding carboxylic acids is 1. The second-order valence-electron chi connectivity index (χ2n) is 5.98. The average molecular weight is 410 g/mol. The molecule has 0 saturated heterocycles. The van der Waals surface area contributed by atoms with Gasteiger partial charge >= 0.3 is 0 Å². The van der Waals surface area contributed by atoms with Crippen LogP contribution in [0.15, 0.2) is 23.0 Å². The number of primary amides is 1. The van der Waals surface area contributed by atoms with Crippen molar-refractivity contribution >= 4 is 50.7 Å². The largest absolute Gasteiger partial charge is 0.368 e. The number of hydrogen-bond donors (Lipinski definition) is 1. The van der Waals surface area contributed by atoms with Gasteiger partial charge in [-0.05, 0) is 31.5 Å².